The van der Waals surface area contributed by atoms with E-state index in [2.05, 4.69) is 4.98 Å². The molecule has 1 aliphatic rings. The molecule has 1 aliphatic heterocycles. The normalized spacial score (nSPS) is 22.6. The van der Waals surface area contributed by atoms with E-state index < -0.39 is 18.2 Å². The molecule has 0 aliphatic carbocycles. The van der Waals surface area contributed by atoms with Gasteiger partial charge in [-0.05, 0) is 25.0 Å². The van der Waals surface area contributed by atoms with Crippen LogP contribution in [0, 0.1) is 0 Å². The predicted molar refractivity (Wildman–Crippen MR) is 75.9 cm³/mol. The van der Waals surface area contributed by atoms with Crippen molar-refractivity contribution in [2.45, 2.75) is 37.5 Å². The number of hydrogen-bond acceptors (Lipinski definition) is 4. The van der Waals surface area contributed by atoms with Crippen molar-refractivity contribution >= 4 is 5.91 Å². The summed E-state index contributed by atoms with van der Waals surface area (Å²) in [4.78, 5) is 17.7. The highest BCUT2D eigenvalue weighted by Gasteiger charge is 2.53. The Kier molecular flexibility index (Phi) is 5.13. The summed E-state index contributed by atoms with van der Waals surface area (Å²) in [5, 5.41) is 9.75. The number of alkyl halides is 3. The van der Waals surface area contributed by atoms with Crippen LogP contribution in [0.2, 0.25) is 0 Å². The number of carbonyl (C=O) groups excluding carboxylic acids is 1. The van der Waals surface area contributed by atoms with Gasteiger partial charge >= 0.3 is 6.18 Å². The molecule has 8 heteroatoms. The highest BCUT2D eigenvalue weighted by Crippen LogP contribution is 2.38. The zero-order valence-electron chi connectivity index (χ0n) is 12.8. The number of aromatic nitrogens is 1. The second-order valence-corrected chi connectivity index (χ2v) is 5.63. The molecule has 2 rings (SSSR count). The molecule has 1 aromatic rings. The summed E-state index contributed by atoms with van der Waals surface area (Å²) in [6.45, 7) is 0.0817. The lowest BCUT2D eigenvalue weighted by atomic mass is 9.94. The van der Waals surface area contributed by atoms with Crippen LogP contribution < -0.4 is 4.74 Å². The van der Waals surface area contributed by atoms with Gasteiger partial charge in [-0.3, -0.25) is 9.78 Å². The smallest absolute Gasteiger partial charge is 0.417 e. The molecule has 128 valence electrons. The standard InChI is InChI=1S/C15H19F3N2O3/c1-23-12-4-3-11(19-10-12)9-13(21)20-7-2-5-14(22,6-8-20)15(16,17)18/h3-4,10,22H,2,5-9H2,1H3. The second-order valence-electron chi connectivity index (χ2n) is 5.63. The lowest BCUT2D eigenvalue weighted by molar-refractivity contribution is -0.263. The third-order valence-corrected chi connectivity index (χ3v) is 4.06. The summed E-state index contributed by atoms with van der Waals surface area (Å²) < 4.78 is 43.6. The number of aliphatic hydroxyl groups is 1. The third kappa shape index (κ3) is 4.13. The number of halogens is 3. The van der Waals surface area contributed by atoms with Crippen molar-refractivity contribution in [2.75, 3.05) is 20.2 Å². The maximum absolute atomic E-state index is 12.9. The summed E-state index contributed by atoms with van der Waals surface area (Å²) >= 11 is 0. The number of likely N-dealkylation sites (tertiary alicyclic amines) is 1. The van der Waals surface area contributed by atoms with Gasteiger partial charge in [0.15, 0.2) is 5.60 Å². The van der Waals surface area contributed by atoms with Gasteiger partial charge in [0.1, 0.15) is 5.75 Å². The highest BCUT2D eigenvalue weighted by atomic mass is 19.4. The van der Waals surface area contributed by atoms with Crippen LogP contribution >= 0.6 is 0 Å². The van der Waals surface area contributed by atoms with Crippen LogP contribution in [0.3, 0.4) is 0 Å². The molecule has 5 nitrogen and oxygen atoms in total. The summed E-state index contributed by atoms with van der Waals surface area (Å²) in [6, 6.07) is 3.31. The van der Waals surface area contributed by atoms with Crippen molar-refractivity contribution in [1.29, 1.82) is 0 Å². The van der Waals surface area contributed by atoms with E-state index >= 15 is 0 Å². The van der Waals surface area contributed by atoms with Gasteiger partial charge in [0, 0.05) is 25.2 Å². The first kappa shape index (κ1) is 17.5. The molecule has 0 spiro atoms. The fourth-order valence-corrected chi connectivity index (χ4v) is 2.55. The average molecular weight is 332 g/mol. The Balaban J connectivity index is 1.97. The fourth-order valence-electron chi connectivity index (χ4n) is 2.55. The number of amides is 1. The molecule has 23 heavy (non-hydrogen) atoms. The molecule has 0 radical (unpaired) electrons. The van der Waals surface area contributed by atoms with E-state index in [1.54, 1.807) is 12.1 Å². The Morgan fingerprint density at radius 1 is 1.39 bits per heavy atom. The van der Waals surface area contributed by atoms with Crippen LogP contribution in [0.25, 0.3) is 0 Å². The quantitative estimate of drug-likeness (QED) is 0.919. The summed E-state index contributed by atoms with van der Waals surface area (Å²) in [7, 11) is 1.50. The van der Waals surface area contributed by atoms with Crippen LogP contribution in [0.15, 0.2) is 18.3 Å². The fraction of sp³-hybridized carbons (Fsp3) is 0.600. The summed E-state index contributed by atoms with van der Waals surface area (Å²) in [5.41, 5.74) is -2.19. The maximum atomic E-state index is 12.9. The topological polar surface area (TPSA) is 62.7 Å². The molecule has 1 unspecified atom stereocenters. The SMILES string of the molecule is COc1ccc(CC(=O)N2CCCC(O)(C(F)(F)F)CC2)nc1. The number of methoxy groups -OCH3 is 1. The zero-order valence-corrected chi connectivity index (χ0v) is 12.8. The average Bonchev–Trinajstić information content (AvgIpc) is 2.70. The molecule has 1 fully saturated rings. The molecule has 1 saturated heterocycles. The Labute approximate surface area is 132 Å². The van der Waals surface area contributed by atoms with Crippen LogP contribution in [-0.2, 0) is 11.2 Å². The lowest BCUT2D eigenvalue weighted by Crippen LogP contribution is -2.46. The first-order chi connectivity index (χ1) is 10.7. The Morgan fingerprint density at radius 3 is 2.70 bits per heavy atom. The van der Waals surface area contributed by atoms with Gasteiger partial charge in [-0.2, -0.15) is 13.2 Å². The monoisotopic (exact) mass is 332 g/mol. The molecule has 0 saturated carbocycles. The van der Waals surface area contributed by atoms with Crippen molar-refractivity contribution in [2.24, 2.45) is 0 Å². The van der Waals surface area contributed by atoms with Crippen LogP contribution in [-0.4, -0.2) is 52.9 Å². The number of carbonyl (C=O) groups is 1. The van der Waals surface area contributed by atoms with E-state index in [4.69, 9.17) is 4.74 Å². The van der Waals surface area contributed by atoms with Crippen LogP contribution in [0.1, 0.15) is 25.0 Å². The molecule has 1 aromatic heterocycles. The summed E-state index contributed by atoms with van der Waals surface area (Å²) in [5.74, 6) is 0.264. The van der Waals surface area contributed by atoms with Gasteiger partial charge in [0.25, 0.3) is 0 Å². The first-order valence-electron chi connectivity index (χ1n) is 7.31. The number of rotatable bonds is 3. The first-order valence-corrected chi connectivity index (χ1v) is 7.31. The molecule has 0 bridgehead atoms. The largest absolute Gasteiger partial charge is 0.495 e. The van der Waals surface area contributed by atoms with Gasteiger partial charge in [-0.1, -0.05) is 0 Å². The molecule has 0 aromatic carbocycles. The van der Waals surface area contributed by atoms with Gasteiger partial charge < -0.3 is 14.7 Å². The Hall–Kier alpha value is -1.83. The van der Waals surface area contributed by atoms with Gasteiger partial charge in [0.05, 0.1) is 19.7 Å². The third-order valence-electron chi connectivity index (χ3n) is 4.06. The zero-order chi connectivity index (χ0) is 17.1. The minimum absolute atomic E-state index is 0.00837. The maximum Gasteiger partial charge on any atom is 0.417 e. The number of ether oxygens (including phenoxy) is 1. The van der Waals surface area contributed by atoms with Gasteiger partial charge in [-0.15, -0.1) is 0 Å². The van der Waals surface area contributed by atoms with E-state index in [1.807, 2.05) is 0 Å². The molecular formula is C15H19F3N2O3. The van der Waals surface area contributed by atoms with Crippen molar-refractivity contribution in [1.82, 2.24) is 9.88 Å². The molecule has 1 amide bonds. The van der Waals surface area contributed by atoms with Crippen molar-refractivity contribution in [3.63, 3.8) is 0 Å². The van der Waals surface area contributed by atoms with Crippen LogP contribution in [0.4, 0.5) is 13.2 Å². The molecule has 1 N–H and O–H groups in total. The minimum atomic E-state index is -4.68. The van der Waals surface area contributed by atoms with Crippen molar-refractivity contribution < 1.29 is 27.8 Å². The van der Waals surface area contributed by atoms with Crippen molar-refractivity contribution in [3.8, 4) is 5.75 Å². The van der Waals surface area contributed by atoms with E-state index in [1.165, 1.54) is 18.2 Å². The minimum Gasteiger partial charge on any atom is -0.495 e. The lowest BCUT2D eigenvalue weighted by Gasteiger charge is -2.29. The second kappa shape index (κ2) is 6.74. The Morgan fingerprint density at radius 2 is 2.13 bits per heavy atom. The predicted octanol–water partition coefficient (Wildman–Crippen LogP) is 1.94. The number of nitrogens with zero attached hydrogens (tertiary/aromatic N) is 2. The molecule has 2 heterocycles. The van der Waals surface area contributed by atoms with Crippen LogP contribution in [0.5, 0.6) is 5.75 Å². The van der Waals surface area contributed by atoms with E-state index in [-0.39, 0.29) is 38.3 Å². The summed E-state index contributed by atoms with van der Waals surface area (Å²) in [6.07, 6.45) is -3.97. The van der Waals surface area contributed by atoms with E-state index in [0.717, 1.165) is 0 Å². The van der Waals surface area contributed by atoms with Gasteiger partial charge in [-0.25, -0.2) is 0 Å². The van der Waals surface area contributed by atoms with Crippen molar-refractivity contribution in [3.05, 3.63) is 24.0 Å². The number of hydrogen-bond donors (Lipinski definition) is 1. The highest BCUT2D eigenvalue weighted by molar-refractivity contribution is 5.78. The Bertz CT molecular complexity index is 548. The van der Waals surface area contributed by atoms with E-state index in [0.29, 0.717) is 11.4 Å². The number of pyridine rings is 1. The molecule has 1 atom stereocenters. The molecular weight excluding hydrogens is 313 g/mol. The van der Waals surface area contributed by atoms with E-state index in [9.17, 15) is 23.1 Å². The van der Waals surface area contributed by atoms with Gasteiger partial charge in [0.2, 0.25) is 5.91 Å².